The van der Waals surface area contributed by atoms with Crippen LogP contribution in [0.3, 0.4) is 0 Å². The van der Waals surface area contributed by atoms with Crippen molar-refractivity contribution in [3.63, 3.8) is 0 Å². The summed E-state index contributed by atoms with van der Waals surface area (Å²) in [5, 5.41) is 4.83. The Bertz CT molecular complexity index is 5210. The van der Waals surface area contributed by atoms with Crippen molar-refractivity contribution in [3.8, 4) is 125 Å². The van der Waals surface area contributed by atoms with E-state index in [-0.39, 0.29) is 11.2 Å². The summed E-state index contributed by atoms with van der Waals surface area (Å²) >= 11 is 7.04. The van der Waals surface area contributed by atoms with Crippen molar-refractivity contribution in [2.24, 2.45) is 0 Å². The van der Waals surface area contributed by atoms with Crippen molar-refractivity contribution >= 4 is 66.0 Å². The van der Waals surface area contributed by atoms with E-state index in [9.17, 15) is 0 Å². The molecule has 0 amide bonds. The van der Waals surface area contributed by atoms with Crippen molar-refractivity contribution in [1.29, 1.82) is 0 Å². The van der Waals surface area contributed by atoms with Crippen LogP contribution in [0.15, 0.2) is 337 Å². The van der Waals surface area contributed by atoms with Gasteiger partial charge in [-0.2, -0.15) is 0 Å². The zero-order valence-corrected chi connectivity index (χ0v) is 60.0. The Labute approximate surface area is 616 Å². The van der Waals surface area contributed by atoms with E-state index in [1.165, 1.54) is 16.2 Å². The van der Waals surface area contributed by atoms with E-state index in [2.05, 4.69) is 157 Å². The molecule has 16 aromatic rings. The van der Waals surface area contributed by atoms with Gasteiger partial charge in [0.05, 0.1) is 11.2 Å². The van der Waals surface area contributed by atoms with Gasteiger partial charge in [0, 0.05) is 64.4 Å². The molecule has 0 aliphatic carbocycles. The minimum Gasteiger partial charge on any atom is -0.399 e. The monoisotopic (exact) mass is 1460 g/mol. The highest BCUT2D eigenvalue weighted by Crippen LogP contribution is 2.40. The quantitative estimate of drug-likeness (QED) is 0.108. The first-order valence-corrected chi connectivity index (χ1v) is 35.6. The number of hydrogen-bond acceptors (Lipinski definition) is 11. The first-order chi connectivity index (χ1) is 50.3. The van der Waals surface area contributed by atoms with Crippen molar-refractivity contribution < 1.29 is 9.31 Å². The van der Waals surface area contributed by atoms with Crippen LogP contribution in [0.1, 0.15) is 27.7 Å². The lowest BCUT2D eigenvalue weighted by atomic mass is 9.79. The van der Waals surface area contributed by atoms with Crippen molar-refractivity contribution in [2.45, 2.75) is 38.9 Å². The van der Waals surface area contributed by atoms with E-state index < -0.39 is 7.12 Å². The fraction of sp³-hybridized carbons (Fsp3) is 0.0674. The van der Waals surface area contributed by atoms with Gasteiger partial charge in [0.25, 0.3) is 0 Å². The molecule has 496 valence electrons. The molecular weight excluding hydrogens is 1400 g/mol. The van der Waals surface area contributed by atoms with E-state index in [1.54, 1.807) is 0 Å². The van der Waals surface area contributed by atoms with Crippen LogP contribution in [0.25, 0.3) is 146 Å². The van der Waals surface area contributed by atoms with Gasteiger partial charge in [0.1, 0.15) is 0 Å². The Morgan fingerprint density at radius 3 is 0.689 bits per heavy atom. The molecule has 14 heteroatoms. The van der Waals surface area contributed by atoms with E-state index >= 15 is 0 Å². The highest BCUT2D eigenvalue weighted by atomic mass is 79.9. The Kier molecular flexibility index (Phi) is 19.5. The lowest BCUT2D eigenvalue weighted by molar-refractivity contribution is 0.00578. The largest absolute Gasteiger partial charge is 0.494 e. The number of rotatable bonds is 12. The zero-order valence-electron chi connectivity index (χ0n) is 56.9. The predicted octanol–water partition coefficient (Wildman–Crippen LogP) is 22.1. The minimum absolute atomic E-state index is 0.375. The molecule has 1 saturated heterocycles. The summed E-state index contributed by atoms with van der Waals surface area (Å²) in [5.74, 6) is 5.74. The maximum Gasteiger partial charge on any atom is 0.494 e. The molecule has 0 atom stereocenters. The summed E-state index contributed by atoms with van der Waals surface area (Å²) in [6.07, 6.45) is 0. The summed E-state index contributed by atoms with van der Waals surface area (Å²) in [7, 11) is -0.401. The molecular formula is C89H66BBr2N9O2. The van der Waals surface area contributed by atoms with Crippen LogP contribution >= 0.6 is 31.9 Å². The maximum atomic E-state index is 6.19. The standard InChI is InChI=1S/C52H34N6.C27H26BN3O2.C10H6Br2/c1-5-15-38(16-6-1)47-53-48(39-17-7-2-8-18-39)56-51(55-47)42-31-27-35(28-32-42)44-25-13-23-37-24-14-26-45(46(37)44)36-29-33-43(34-30-36)52-57-49(40-19-9-3-10-20-40)54-50(58-52)41-21-11-4-12-22-41;1-26(2)27(3,4)33-28(32-26)22-17-15-21(16-18-22)25-30-23(19-11-7-5-8-12-19)29-24(31-25)20-13-9-6-10-14-20;11-8-5-1-3-7-4-2-6-9(12)10(7)8/h1-34H;5-18H,1-4H3;1-6H. The molecule has 1 aliphatic rings. The summed E-state index contributed by atoms with van der Waals surface area (Å²) in [6.45, 7) is 8.23. The average Bonchev–Trinajstić information content (AvgIpc) is 1.76. The maximum absolute atomic E-state index is 6.19. The van der Waals surface area contributed by atoms with Crippen LogP contribution in [-0.2, 0) is 9.31 Å². The molecule has 0 saturated carbocycles. The molecule has 0 radical (unpaired) electrons. The molecule has 0 bridgehead atoms. The van der Waals surface area contributed by atoms with Gasteiger partial charge in [-0.3, -0.25) is 0 Å². The van der Waals surface area contributed by atoms with E-state index in [0.717, 1.165) is 92.1 Å². The molecule has 0 N–H and O–H groups in total. The third kappa shape index (κ3) is 14.9. The average molecular weight is 1460 g/mol. The normalized spacial score (nSPS) is 12.8. The van der Waals surface area contributed by atoms with Gasteiger partial charge >= 0.3 is 7.12 Å². The van der Waals surface area contributed by atoms with Crippen molar-refractivity contribution in [1.82, 2.24) is 44.9 Å². The van der Waals surface area contributed by atoms with Crippen molar-refractivity contribution in [2.75, 3.05) is 0 Å². The summed E-state index contributed by atoms with van der Waals surface area (Å²) in [4.78, 5) is 43.8. The lowest BCUT2D eigenvalue weighted by Gasteiger charge is -2.32. The van der Waals surface area contributed by atoms with Crippen LogP contribution in [0.5, 0.6) is 0 Å². The van der Waals surface area contributed by atoms with Crippen LogP contribution in [0.4, 0.5) is 0 Å². The fourth-order valence-corrected chi connectivity index (χ4v) is 13.7. The summed E-state index contributed by atoms with van der Waals surface area (Å²) in [5.41, 5.74) is 13.1. The molecule has 103 heavy (non-hydrogen) atoms. The Morgan fingerprint density at radius 2 is 0.437 bits per heavy atom. The second-order valence-corrected chi connectivity index (χ2v) is 27.5. The Morgan fingerprint density at radius 1 is 0.223 bits per heavy atom. The minimum atomic E-state index is -0.401. The van der Waals surface area contributed by atoms with Gasteiger partial charge in [0.2, 0.25) is 0 Å². The van der Waals surface area contributed by atoms with Gasteiger partial charge in [0.15, 0.2) is 52.4 Å². The molecule has 3 aromatic heterocycles. The van der Waals surface area contributed by atoms with E-state index in [1.807, 2.05) is 231 Å². The molecule has 1 aliphatic heterocycles. The third-order valence-corrected chi connectivity index (χ3v) is 19.7. The number of nitrogens with zero attached hydrogens (tertiary/aromatic N) is 9. The highest BCUT2D eigenvalue weighted by molar-refractivity contribution is 9.11. The number of halogens is 2. The third-order valence-electron chi connectivity index (χ3n) is 18.4. The van der Waals surface area contributed by atoms with Gasteiger partial charge in [-0.25, -0.2) is 44.9 Å². The smallest absolute Gasteiger partial charge is 0.399 e. The van der Waals surface area contributed by atoms with Gasteiger partial charge < -0.3 is 9.31 Å². The molecule has 11 nitrogen and oxygen atoms in total. The number of benzene rings is 13. The fourth-order valence-electron chi connectivity index (χ4n) is 12.3. The van der Waals surface area contributed by atoms with Crippen LogP contribution < -0.4 is 5.46 Å². The topological polar surface area (TPSA) is 134 Å². The molecule has 17 rings (SSSR count). The molecule has 1 fully saturated rings. The van der Waals surface area contributed by atoms with Crippen LogP contribution in [0, 0.1) is 0 Å². The first kappa shape index (κ1) is 67.2. The molecule has 4 heterocycles. The van der Waals surface area contributed by atoms with Crippen LogP contribution in [-0.4, -0.2) is 63.2 Å². The Hall–Kier alpha value is -11.6. The highest BCUT2D eigenvalue weighted by Gasteiger charge is 2.51. The van der Waals surface area contributed by atoms with Crippen LogP contribution in [0.2, 0.25) is 0 Å². The number of fused-ring (bicyclic) bond motifs is 2. The number of hydrogen-bond donors (Lipinski definition) is 0. The van der Waals surface area contributed by atoms with E-state index in [0.29, 0.717) is 52.4 Å². The first-order valence-electron chi connectivity index (χ1n) is 34.0. The second-order valence-electron chi connectivity index (χ2n) is 25.8. The summed E-state index contributed by atoms with van der Waals surface area (Å²) < 4.78 is 14.6. The predicted molar refractivity (Wildman–Crippen MR) is 425 cm³/mol. The Balaban J connectivity index is 0.000000158. The zero-order chi connectivity index (χ0) is 70.3. The molecule has 0 spiro atoms. The van der Waals surface area contributed by atoms with Gasteiger partial charge in [-0.05, 0) is 83.7 Å². The SMILES string of the molecule is Brc1cccc2cccc(Br)c12.CC1(C)OB(c2ccc(-c3nc(-c4ccccc4)nc(-c4ccccc4)n3)cc2)OC1(C)C.c1ccc(-c2nc(-c3ccccc3)nc(-c3ccc(-c4cccc5cccc(-c6ccc(-c7nc(-c8ccccc8)nc(-c8ccccc8)n7)cc6)c45)cc3)n2)cc1. The molecule has 13 aromatic carbocycles. The van der Waals surface area contributed by atoms with E-state index in [4.69, 9.17) is 54.2 Å². The van der Waals surface area contributed by atoms with Gasteiger partial charge in [-0.15, -0.1) is 0 Å². The number of aromatic nitrogens is 9. The lowest BCUT2D eigenvalue weighted by Crippen LogP contribution is -2.41. The molecule has 0 unspecified atom stereocenters. The van der Waals surface area contributed by atoms with Gasteiger partial charge in [-0.1, -0.05) is 347 Å². The van der Waals surface area contributed by atoms with Crippen molar-refractivity contribution in [3.05, 3.63) is 337 Å². The second kappa shape index (κ2) is 29.9. The summed E-state index contributed by atoms with van der Waals surface area (Å²) in [6, 6.07) is 111.